The van der Waals surface area contributed by atoms with Gasteiger partial charge in [-0.3, -0.25) is 14.9 Å². The first-order valence-electron chi connectivity index (χ1n) is 9.04. The Morgan fingerprint density at radius 1 is 0.759 bits per heavy atom. The Morgan fingerprint density at radius 2 is 1.28 bits per heavy atom. The molecule has 1 N–H and O–H groups in total. The van der Waals surface area contributed by atoms with Crippen molar-refractivity contribution in [2.45, 2.75) is 26.9 Å². The summed E-state index contributed by atoms with van der Waals surface area (Å²) in [7, 11) is 0. The summed E-state index contributed by atoms with van der Waals surface area (Å²) in [5.74, 6) is 0. The standard InChI is InChI=1S/C22H26N4.2ClH.Fe/c1-18-8-7-9-19(2)22(18)25-14-15-26(16-20-10-3-5-12-23-20)17-21-11-4-6-13-24-21;;;/h3-13,25H,14-17H2,1-2H3;2*1H;/q;;;+2/p-2. The van der Waals surface area contributed by atoms with E-state index in [1.165, 1.54) is 16.8 Å². The number of hydrogen-bond donors (Lipinski definition) is 1. The maximum Gasteiger partial charge on any atom is 2.00 e. The molecular weight excluding hydrogens is 447 g/mol. The molecule has 2 aromatic heterocycles. The molecule has 0 unspecified atom stereocenters. The molecule has 0 saturated carbocycles. The van der Waals surface area contributed by atoms with Crippen LogP contribution >= 0.6 is 0 Å². The van der Waals surface area contributed by atoms with E-state index in [0.29, 0.717) is 0 Å². The molecule has 0 aliphatic rings. The number of nitrogens with one attached hydrogen (secondary N) is 1. The topological polar surface area (TPSA) is 41.0 Å². The minimum Gasteiger partial charge on any atom is -1.00 e. The third-order valence-electron chi connectivity index (χ3n) is 4.43. The first-order chi connectivity index (χ1) is 12.7. The Hall–Kier alpha value is -1.62. The quantitative estimate of drug-likeness (QED) is 0.393. The number of aryl methyl sites for hydroxylation is 2. The maximum atomic E-state index is 4.47. The van der Waals surface area contributed by atoms with E-state index in [2.05, 4.69) is 64.4 Å². The van der Waals surface area contributed by atoms with Crippen LogP contribution in [0.25, 0.3) is 0 Å². The van der Waals surface area contributed by atoms with Gasteiger partial charge in [0, 0.05) is 44.3 Å². The average molecular weight is 473 g/mol. The summed E-state index contributed by atoms with van der Waals surface area (Å²) in [6, 6.07) is 18.5. The fourth-order valence-corrected chi connectivity index (χ4v) is 3.09. The van der Waals surface area contributed by atoms with Crippen LogP contribution in [0.3, 0.4) is 0 Å². The van der Waals surface area contributed by atoms with Crippen LogP contribution in [0.4, 0.5) is 5.69 Å². The zero-order chi connectivity index (χ0) is 18.2. The van der Waals surface area contributed by atoms with Gasteiger partial charge in [-0.05, 0) is 49.2 Å². The summed E-state index contributed by atoms with van der Waals surface area (Å²) in [6.07, 6.45) is 3.70. The van der Waals surface area contributed by atoms with Gasteiger partial charge in [-0.15, -0.1) is 0 Å². The van der Waals surface area contributed by atoms with Gasteiger partial charge in [0.05, 0.1) is 11.4 Å². The predicted molar refractivity (Wildman–Crippen MR) is 107 cm³/mol. The van der Waals surface area contributed by atoms with E-state index in [-0.39, 0.29) is 41.9 Å². The Balaban J connectivity index is 0.00000261. The molecule has 156 valence electrons. The van der Waals surface area contributed by atoms with Gasteiger partial charge < -0.3 is 30.1 Å². The molecule has 7 heteroatoms. The fraction of sp³-hybridized carbons (Fsp3) is 0.273. The van der Waals surface area contributed by atoms with E-state index >= 15 is 0 Å². The van der Waals surface area contributed by atoms with Gasteiger partial charge in [-0.25, -0.2) is 0 Å². The molecule has 4 nitrogen and oxygen atoms in total. The molecule has 3 rings (SSSR count). The third kappa shape index (κ3) is 8.73. The number of benzene rings is 1. The molecule has 0 saturated heterocycles. The van der Waals surface area contributed by atoms with E-state index in [1.807, 2.05) is 36.7 Å². The molecule has 0 aliphatic carbocycles. The van der Waals surface area contributed by atoms with E-state index in [1.54, 1.807) is 0 Å². The van der Waals surface area contributed by atoms with Gasteiger partial charge in [-0.1, -0.05) is 30.3 Å². The van der Waals surface area contributed by atoms with Crippen molar-refractivity contribution in [3.05, 3.63) is 89.5 Å². The van der Waals surface area contributed by atoms with Gasteiger partial charge >= 0.3 is 17.1 Å². The van der Waals surface area contributed by atoms with E-state index in [4.69, 9.17) is 0 Å². The minimum absolute atomic E-state index is 0. The zero-order valence-electron chi connectivity index (χ0n) is 16.6. The average Bonchev–Trinajstić information content (AvgIpc) is 2.66. The van der Waals surface area contributed by atoms with E-state index in [9.17, 15) is 0 Å². The summed E-state index contributed by atoms with van der Waals surface area (Å²) < 4.78 is 0. The molecule has 2 heterocycles. The second kappa shape index (κ2) is 14.4. The number of aromatic nitrogens is 2. The number of pyridine rings is 2. The van der Waals surface area contributed by atoms with Gasteiger partial charge in [0.1, 0.15) is 0 Å². The monoisotopic (exact) mass is 472 g/mol. The van der Waals surface area contributed by atoms with E-state index in [0.717, 1.165) is 37.6 Å². The van der Waals surface area contributed by atoms with E-state index < -0.39 is 0 Å². The van der Waals surface area contributed by atoms with Crippen molar-refractivity contribution in [1.29, 1.82) is 0 Å². The molecule has 0 spiro atoms. The second-order valence-electron chi connectivity index (χ2n) is 6.55. The third-order valence-corrected chi connectivity index (χ3v) is 4.43. The van der Waals surface area contributed by atoms with Gasteiger partial charge in [0.15, 0.2) is 0 Å². The van der Waals surface area contributed by atoms with Crippen LogP contribution in [0.5, 0.6) is 0 Å². The molecule has 0 bridgehead atoms. The molecule has 0 radical (unpaired) electrons. The van der Waals surface area contributed by atoms with Crippen molar-refractivity contribution >= 4 is 5.69 Å². The van der Waals surface area contributed by atoms with Gasteiger partial charge in [0.2, 0.25) is 0 Å². The number of para-hydroxylation sites is 1. The zero-order valence-corrected chi connectivity index (χ0v) is 19.2. The van der Waals surface area contributed by atoms with Crippen molar-refractivity contribution in [2.75, 3.05) is 18.4 Å². The minimum atomic E-state index is 0. The number of anilines is 1. The van der Waals surface area contributed by atoms with Crippen LogP contribution < -0.4 is 30.1 Å². The number of rotatable bonds is 8. The molecule has 3 aromatic rings. The molecule has 0 aliphatic heterocycles. The SMILES string of the molecule is Cc1cccc(C)c1NCCN(Cc1ccccn1)Cc1ccccn1.[Cl-].[Cl-].[Fe+2]. The van der Waals surface area contributed by atoms with Crippen molar-refractivity contribution in [3.63, 3.8) is 0 Å². The molecular formula is C22H26Cl2FeN4. The smallest absolute Gasteiger partial charge is 1.00 e. The van der Waals surface area contributed by atoms with Crippen LogP contribution in [0, 0.1) is 13.8 Å². The van der Waals surface area contributed by atoms with Crippen molar-refractivity contribution in [2.24, 2.45) is 0 Å². The summed E-state index contributed by atoms with van der Waals surface area (Å²) in [5, 5.41) is 3.60. The van der Waals surface area contributed by atoms with Gasteiger partial charge in [-0.2, -0.15) is 0 Å². The summed E-state index contributed by atoms with van der Waals surface area (Å²) in [5.41, 5.74) is 5.96. The largest absolute Gasteiger partial charge is 2.00 e. The normalized spacial score (nSPS) is 9.76. The molecule has 1 aromatic carbocycles. The van der Waals surface area contributed by atoms with Crippen LogP contribution in [0.15, 0.2) is 67.0 Å². The van der Waals surface area contributed by atoms with Crippen molar-refractivity contribution in [3.8, 4) is 0 Å². The number of hydrogen-bond acceptors (Lipinski definition) is 4. The summed E-state index contributed by atoms with van der Waals surface area (Å²) >= 11 is 0. The molecule has 29 heavy (non-hydrogen) atoms. The Labute approximate surface area is 196 Å². The van der Waals surface area contributed by atoms with Gasteiger partial charge in [0.25, 0.3) is 0 Å². The predicted octanol–water partition coefficient (Wildman–Crippen LogP) is -1.79. The Kier molecular flexibility index (Phi) is 13.6. The van der Waals surface area contributed by atoms with Crippen LogP contribution in [-0.2, 0) is 30.2 Å². The molecule has 0 fully saturated rings. The fourth-order valence-electron chi connectivity index (χ4n) is 3.09. The Bertz CT molecular complexity index is 758. The van der Waals surface area contributed by atoms with Crippen LogP contribution in [0.1, 0.15) is 22.5 Å². The van der Waals surface area contributed by atoms with Crippen molar-refractivity contribution < 1.29 is 41.9 Å². The maximum absolute atomic E-state index is 4.47. The summed E-state index contributed by atoms with van der Waals surface area (Å²) in [6.45, 7) is 7.72. The van der Waals surface area contributed by atoms with Crippen molar-refractivity contribution in [1.82, 2.24) is 14.9 Å². The van der Waals surface area contributed by atoms with Crippen LogP contribution in [0.2, 0.25) is 0 Å². The number of halogens is 2. The number of nitrogens with zero attached hydrogens (tertiary/aromatic N) is 3. The van der Waals surface area contributed by atoms with Crippen LogP contribution in [-0.4, -0.2) is 28.0 Å². The Morgan fingerprint density at radius 3 is 1.72 bits per heavy atom. The first-order valence-corrected chi connectivity index (χ1v) is 9.04. The second-order valence-corrected chi connectivity index (χ2v) is 6.55. The molecule has 0 atom stereocenters. The summed E-state index contributed by atoms with van der Waals surface area (Å²) in [4.78, 5) is 11.3. The first kappa shape index (κ1) is 27.4. The molecule has 0 amide bonds.